The number of ether oxygens (including phenoxy) is 2. The van der Waals surface area contributed by atoms with E-state index < -0.39 is 74.1 Å². The Hall–Kier alpha value is -7.96. The van der Waals surface area contributed by atoms with Gasteiger partial charge in [-0.15, -0.1) is 15.3 Å². The van der Waals surface area contributed by atoms with Gasteiger partial charge in [0.2, 0.25) is 0 Å². The van der Waals surface area contributed by atoms with Crippen LogP contribution in [0.1, 0.15) is 16.7 Å². The van der Waals surface area contributed by atoms with Gasteiger partial charge in [0.1, 0.15) is 50.7 Å². The smallest absolute Gasteiger partial charge is 0.296 e. The second kappa shape index (κ2) is 21.6. The van der Waals surface area contributed by atoms with Crippen LogP contribution in [-0.2, 0) is 40.5 Å². The standard InChI is InChI=1S/C46H41N9O15S4/c1-26-20-39(53-55-45-44(74(66,67)68)23-29-22-32(9-15-36(29)46(45)56)47-30-5-11-34(69-4)12-6-30)27(2)19-38(26)51-54-41-21-28(3)40(25-42(41)70-17-18-71(57,58)59)52-50-37-16-10-33(24-43(37)73(63,64)65)49-48-31-7-13-35(14-8-31)72(60,61)62/h5-16,19-25,47,56H,17-18H2,1-4H3,(H,57,58,59)(H,60,61,62)(H,63,64,65)(H,66,67,68). The Balaban J connectivity index is 1.15. The van der Waals surface area contributed by atoms with Gasteiger partial charge in [-0.3, -0.25) is 18.2 Å². The maximum atomic E-state index is 12.6. The molecule has 0 heterocycles. The zero-order chi connectivity index (χ0) is 53.8. The van der Waals surface area contributed by atoms with Crippen LogP contribution in [0, 0.1) is 20.8 Å². The van der Waals surface area contributed by atoms with Crippen LogP contribution in [0.5, 0.6) is 17.2 Å². The van der Waals surface area contributed by atoms with Crippen LogP contribution in [0.25, 0.3) is 10.8 Å². The van der Waals surface area contributed by atoms with Crippen molar-refractivity contribution in [1.82, 2.24) is 0 Å². The Kier molecular flexibility index (Phi) is 15.7. The van der Waals surface area contributed by atoms with E-state index in [0.29, 0.717) is 39.5 Å². The highest BCUT2D eigenvalue weighted by molar-refractivity contribution is 7.86. The first-order valence-electron chi connectivity index (χ1n) is 21.1. The number of nitrogens with zero attached hydrogens (tertiary/aromatic N) is 8. The van der Waals surface area contributed by atoms with Gasteiger partial charge < -0.3 is 19.9 Å². The summed E-state index contributed by atoms with van der Waals surface area (Å²) in [4.78, 5) is -1.80. The molecule has 28 heteroatoms. The number of hydrogen-bond donors (Lipinski definition) is 6. The fourth-order valence-corrected chi connectivity index (χ4v) is 8.83. The Bertz CT molecular complexity index is 3930. The van der Waals surface area contributed by atoms with Gasteiger partial charge in [-0.2, -0.15) is 59.2 Å². The molecular weight excluding hydrogens is 1050 g/mol. The van der Waals surface area contributed by atoms with Crippen molar-refractivity contribution >= 4 is 108 Å². The maximum absolute atomic E-state index is 12.6. The lowest BCUT2D eigenvalue weighted by molar-refractivity contribution is 0.337. The predicted octanol–water partition coefficient (Wildman–Crippen LogP) is 11.9. The van der Waals surface area contributed by atoms with Crippen molar-refractivity contribution in [3.63, 3.8) is 0 Å². The summed E-state index contributed by atoms with van der Waals surface area (Å²) in [6.07, 6.45) is 0. The average molecular weight is 1090 g/mol. The monoisotopic (exact) mass is 1090 g/mol. The summed E-state index contributed by atoms with van der Waals surface area (Å²) < 4.78 is 146. The normalized spacial score (nSPS) is 12.7. The maximum Gasteiger partial charge on any atom is 0.296 e. The zero-order valence-corrected chi connectivity index (χ0v) is 42.2. The highest BCUT2D eigenvalue weighted by atomic mass is 32.2. The average Bonchev–Trinajstić information content (AvgIpc) is 3.32. The van der Waals surface area contributed by atoms with E-state index in [4.69, 9.17) is 9.47 Å². The van der Waals surface area contributed by atoms with Crippen LogP contribution in [0.3, 0.4) is 0 Å². The largest absolute Gasteiger partial charge is 0.505 e. The van der Waals surface area contributed by atoms with E-state index in [-0.39, 0.29) is 55.5 Å². The van der Waals surface area contributed by atoms with Gasteiger partial charge in [-0.25, -0.2) is 0 Å². The van der Waals surface area contributed by atoms with E-state index in [1.807, 2.05) is 0 Å². The molecule has 0 aliphatic rings. The lowest BCUT2D eigenvalue weighted by atomic mass is 10.1. The number of aryl methyl sites for hydroxylation is 3. The summed E-state index contributed by atoms with van der Waals surface area (Å²) >= 11 is 0. The molecule has 0 atom stereocenters. The number of phenols is 1. The molecule has 0 amide bonds. The van der Waals surface area contributed by atoms with Gasteiger partial charge in [0.25, 0.3) is 40.5 Å². The first-order valence-corrected chi connectivity index (χ1v) is 27.1. The molecule has 0 unspecified atom stereocenters. The van der Waals surface area contributed by atoms with Crippen molar-refractivity contribution in [2.75, 3.05) is 24.8 Å². The zero-order valence-electron chi connectivity index (χ0n) is 38.9. The molecule has 7 rings (SSSR count). The van der Waals surface area contributed by atoms with Crippen molar-refractivity contribution in [3.05, 3.63) is 132 Å². The van der Waals surface area contributed by atoms with Crippen LogP contribution < -0.4 is 14.8 Å². The minimum atomic E-state index is -4.94. The molecule has 6 N–H and O–H groups in total. The molecule has 74 heavy (non-hydrogen) atoms. The number of fused-ring (bicyclic) bond motifs is 1. The molecule has 0 radical (unpaired) electrons. The topological polar surface area (TPSA) is 367 Å². The minimum Gasteiger partial charge on any atom is -0.505 e. The number of phenolic OH excluding ortho intramolecular Hbond substituents is 1. The van der Waals surface area contributed by atoms with E-state index >= 15 is 0 Å². The molecule has 0 spiro atoms. The lowest BCUT2D eigenvalue weighted by Gasteiger charge is -2.12. The van der Waals surface area contributed by atoms with E-state index in [0.717, 1.165) is 24.3 Å². The van der Waals surface area contributed by atoms with E-state index in [9.17, 15) is 57.0 Å². The number of benzene rings is 7. The minimum absolute atomic E-state index is 0.0479. The molecule has 0 saturated heterocycles. The van der Waals surface area contributed by atoms with Crippen LogP contribution in [-0.4, -0.2) is 76.5 Å². The van der Waals surface area contributed by atoms with E-state index in [2.05, 4.69) is 46.2 Å². The highest BCUT2D eigenvalue weighted by Gasteiger charge is 2.23. The van der Waals surface area contributed by atoms with E-state index in [1.54, 1.807) is 82.5 Å². The third kappa shape index (κ3) is 13.6. The van der Waals surface area contributed by atoms with Crippen LogP contribution >= 0.6 is 0 Å². The van der Waals surface area contributed by atoms with Crippen molar-refractivity contribution in [3.8, 4) is 17.2 Å². The molecule has 7 aromatic rings. The lowest BCUT2D eigenvalue weighted by Crippen LogP contribution is -2.12. The van der Waals surface area contributed by atoms with Gasteiger partial charge >= 0.3 is 0 Å². The summed E-state index contributed by atoms with van der Waals surface area (Å²) in [5.41, 5.74) is 2.43. The van der Waals surface area contributed by atoms with Gasteiger partial charge in [0.15, 0.2) is 5.75 Å². The second-order valence-corrected chi connectivity index (χ2v) is 21.7. The Morgan fingerprint density at radius 3 is 1.61 bits per heavy atom. The summed E-state index contributed by atoms with van der Waals surface area (Å²) in [6, 6.07) is 26.9. The van der Waals surface area contributed by atoms with E-state index in [1.165, 1.54) is 36.4 Å². The number of anilines is 2. The first kappa shape index (κ1) is 53.8. The van der Waals surface area contributed by atoms with Gasteiger partial charge in [-0.05, 0) is 152 Å². The molecular formula is C46H41N9O15S4. The van der Waals surface area contributed by atoms with Crippen LogP contribution in [0.4, 0.5) is 56.9 Å². The van der Waals surface area contributed by atoms with Crippen LogP contribution in [0.15, 0.2) is 171 Å². The molecule has 0 aliphatic heterocycles. The van der Waals surface area contributed by atoms with Crippen molar-refractivity contribution in [2.45, 2.75) is 35.5 Å². The number of hydrogen-bond acceptors (Lipinski definition) is 20. The Morgan fingerprint density at radius 2 is 1.03 bits per heavy atom. The van der Waals surface area contributed by atoms with Gasteiger partial charge in [-0.1, -0.05) is 0 Å². The third-order valence-corrected chi connectivity index (χ3v) is 13.8. The third-order valence-electron chi connectivity index (χ3n) is 10.5. The summed E-state index contributed by atoms with van der Waals surface area (Å²) in [7, 11) is -17.3. The van der Waals surface area contributed by atoms with Crippen molar-refractivity contribution < 1.29 is 66.5 Å². The fourth-order valence-electron chi connectivity index (χ4n) is 6.76. The Labute approximate surface area is 422 Å². The number of rotatable bonds is 18. The quantitative estimate of drug-likeness (QED) is 0.0343. The van der Waals surface area contributed by atoms with Crippen molar-refractivity contribution in [2.24, 2.45) is 40.9 Å². The molecule has 0 aliphatic carbocycles. The first-order chi connectivity index (χ1) is 34.7. The molecule has 0 saturated carbocycles. The number of azo groups is 4. The van der Waals surface area contributed by atoms with Gasteiger partial charge in [0.05, 0.1) is 40.4 Å². The second-order valence-electron chi connectivity index (χ2n) is 15.9. The molecule has 384 valence electrons. The van der Waals surface area contributed by atoms with Gasteiger partial charge in [0, 0.05) is 22.8 Å². The number of methoxy groups -OCH3 is 1. The molecule has 0 fully saturated rings. The molecule has 7 aromatic carbocycles. The molecule has 0 bridgehead atoms. The summed E-state index contributed by atoms with van der Waals surface area (Å²) in [5.74, 6) is -0.819. The highest BCUT2D eigenvalue weighted by Crippen LogP contribution is 2.44. The molecule has 24 nitrogen and oxygen atoms in total. The summed E-state index contributed by atoms with van der Waals surface area (Å²) in [6.45, 7) is 4.33. The van der Waals surface area contributed by atoms with Crippen molar-refractivity contribution in [1.29, 1.82) is 0 Å². The Morgan fingerprint density at radius 1 is 0.500 bits per heavy atom. The predicted molar refractivity (Wildman–Crippen MR) is 270 cm³/mol. The molecule has 0 aromatic heterocycles. The fraction of sp³-hybridized carbons (Fsp3) is 0.130. The SMILES string of the molecule is COc1ccc(Nc2ccc3c(O)c(N=Nc4cc(C)c(N=Nc5cc(C)c(N=Nc6ccc(N=Nc7ccc(S(=O)(=O)O)cc7)cc6S(=O)(=O)O)cc5OCCS(=O)(=O)O)cc4C)c(S(=O)(=O)O)cc3c2)cc1. The number of nitrogens with one attached hydrogen (secondary N) is 1. The van der Waals surface area contributed by atoms with Crippen LogP contribution in [0.2, 0.25) is 0 Å². The summed E-state index contributed by atoms with van der Waals surface area (Å²) in [5, 5.41) is 47.9. The number of aromatic hydroxyl groups is 1.